The Labute approximate surface area is 119 Å². The fraction of sp³-hybridized carbons (Fsp3) is 0.562. The average Bonchev–Trinajstić information content (AvgIpc) is 2.49. The number of carbonyl (C=O) groups excluding carboxylic acids is 1. The second kappa shape index (κ2) is 6.02. The van der Waals surface area contributed by atoms with Crippen molar-refractivity contribution in [2.45, 2.75) is 43.8 Å². The minimum absolute atomic E-state index is 0.286. The standard InChI is InChI=1S/C16H21FO3/c1-3-20-16(19-2)10-8-15(12-18,9-11-16)13-4-6-14(17)7-5-13/h4-7,12H,3,8-11H2,1-2H3. The molecule has 1 aromatic carbocycles. The van der Waals surface area contributed by atoms with Gasteiger partial charge in [0, 0.05) is 26.6 Å². The predicted molar refractivity (Wildman–Crippen MR) is 74.0 cm³/mol. The molecule has 2 rings (SSSR count). The minimum Gasteiger partial charge on any atom is -0.353 e. The lowest BCUT2D eigenvalue weighted by molar-refractivity contribution is -0.240. The van der Waals surface area contributed by atoms with Gasteiger partial charge in [0.15, 0.2) is 5.79 Å². The Balaban J connectivity index is 2.20. The van der Waals surface area contributed by atoms with Gasteiger partial charge in [-0.15, -0.1) is 0 Å². The van der Waals surface area contributed by atoms with Crippen molar-refractivity contribution in [3.05, 3.63) is 35.6 Å². The number of halogens is 1. The first kappa shape index (κ1) is 15.1. The Morgan fingerprint density at radius 2 is 1.80 bits per heavy atom. The molecule has 1 aliphatic carbocycles. The summed E-state index contributed by atoms with van der Waals surface area (Å²) in [7, 11) is 1.64. The van der Waals surface area contributed by atoms with Crippen molar-refractivity contribution in [1.82, 2.24) is 0 Å². The molecule has 0 heterocycles. The van der Waals surface area contributed by atoms with E-state index in [1.807, 2.05) is 6.92 Å². The maximum Gasteiger partial charge on any atom is 0.167 e. The molecule has 0 spiro atoms. The summed E-state index contributed by atoms with van der Waals surface area (Å²) >= 11 is 0. The SMILES string of the molecule is CCOC1(OC)CCC(C=O)(c2ccc(F)cc2)CC1. The number of methoxy groups -OCH3 is 1. The van der Waals surface area contributed by atoms with Crippen molar-refractivity contribution in [2.24, 2.45) is 0 Å². The molecule has 3 nitrogen and oxygen atoms in total. The molecule has 20 heavy (non-hydrogen) atoms. The van der Waals surface area contributed by atoms with Gasteiger partial charge in [-0.2, -0.15) is 0 Å². The van der Waals surface area contributed by atoms with E-state index in [0.29, 0.717) is 32.3 Å². The van der Waals surface area contributed by atoms with E-state index >= 15 is 0 Å². The highest BCUT2D eigenvalue weighted by Crippen LogP contribution is 2.43. The van der Waals surface area contributed by atoms with Crippen molar-refractivity contribution >= 4 is 6.29 Å². The van der Waals surface area contributed by atoms with E-state index in [2.05, 4.69) is 0 Å². The van der Waals surface area contributed by atoms with Crippen molar-refractivity contribution in [3.8, 4) is 0 Å². The van der Waals surface area contributed by atoms with Crippen LogP contribution in [0.15, 0.2) is 24.3 Å². The molecule has 0 bridgehead atoms. The third-order valence-corrected chi connectivity index (χ3v) is 4.33. The summed E-state index contributed by atoms with van der Waals surface area (Å²) in [6.45, 7) is 2.51. The van der Waals surface area contributed by atoms with Gasteiger partial charge in [-0.05, 0) is 37.5 Å². The lowest BCUT2D eigenvalue weighted by Gasteiger charge is -2.43. The summed E-state index contributed by atoms with van der Waals surface area (Å²) in [5.41, 5.74) is 0.322. The molecule has 1 saturated carbocycles. The third-order valence-electron chi connectivity index (χ3n) is 4.33. The molecule has 1 aliphatic rings. The molecule has 0 aliphatic heterocycles. The van der Waals surface area contributed by atoms with Crippen molar-refractivity contribution < 1.29 is 18.7 Å². The molecule has 0 saturated heterocycles. The highest BCUT2D eigenvalue weighted by Gasteiger charge is 2.44. The van der Waals surface area contributed by atoms with Crippen LogP contribution in [0.5, 0.6) is 0 Å². The average molecular weight is 280 g/mol. The molecule has 0 atom stereocenters. The van der Waals surface area contributed by atoms with E-state index in [-0.39, 0.29) is 5.82 Å². The fourth-order valence-electron chi connectivity index (χ4n) is 3.00. The van der Waals surface area contributed by atoms with Gasteiger partial charge in [0.05, 0.1) is 5.41 Å². The van der Waals surface area contributed by atoms with Gasteiger partial charge in [-0.25, -0.2) is 4.39 Å². The summed E-state index contributed by atoms with van der Waals surface area (Å²) in [6.07, 6.45) is 3.61. The van der Waals surface area contributed by atoms with Gasteiger partial charge < -0.3 is 14.3 Å². The quantitative estimate of drug-likeness (QED) is 0.613. The molecular weight excluding hydrogens is 259 g/mol. The van der Waals surface area contributed by atoms with E-state index in [0.717, 1.165) is 11.8 Å². The Morgan fingerprint density at radius 1 is 1.20 bits per heavy atom. The zero-order chi connectivity index (χ0) is 14.6. The summed E-state index contributed by atoms with van der Waals surface area (Å²) in [5.74, 6) is -0.868. The van der Waals surface area contributed by atoms with E-state index < -0.39 is 11.2 Å². The highest BCUT2D eigenvalue weighted by atomic mass is 19.1. The van der Waals surface area contributed by atoms with Crippen LogP contribution in [0.1, 0.15) is 38.2 Å². The normalized spacial score (nSPS) is 30.1. The van der Waals surface area contributed by atoms with Crippen LogP contribution in [-0.4, -0.2) is 25.8 Å². The van der Waals surface area contributed by atoms with Crippen LogP contribution in [0.2, 0.25) is 0 Å². The van der Waals surface area contributed by atoms with Gasteiger partial charge in [-0.3, -0.25) is 0 Å². The zero-order valence-electron chi connectivity index (χ0n) is 12.0. The van der Waals surface area contributed by atoms with E-state index in [9.17, 15) is 9.18 Å². The Hall–Kier alpha value is -1.26. The Kier molecular flexibility index (Phi) is 4.55. The second-order valence-electron chi connectivity index (χ2n) is 5.33. The smallest absolute Gasteiger partial charge is 0.167 e. The summed E-state index contributed by atoms with van der Waals surface area (Å²) in [6, 6.07) is 6.21. The summed E-state index contributed by atoms with van der Waals surface area (Å²) in [4.78, 5) is 11.6. The molecule has 0 unspecified atom stereocenters. The lowest BCUT2D eigenvalue weighted by Crippen LogP contribution is -2.45. The number of rotatable bonds is 5. The van der Waals surface area contributed by atoms with Crippen LogP contribution in [-0.2, 0) is 19.7 Å². The number of benzene rings is 1. The first-order valence-corrected chi connectivity index (χ1v) is 7.01. The maximum atomic E-state index is 13.0. The lowest BCUT2D eigenvalue weighted by atomic mass is 9.68. The molecule has 0 radical (unpaired) electrons. The van der Waals surface area contributed by atoms with Gasteiger partial charge in [-0.1, -0.05) is 12.1 Å². The number of ether oxygens (including phenoxy) is 2. The second-order valence-corrected chi connectivity index (χ2v) is 5.33. The molecule has 110 valence electrons. The summed E-state index contributed by atoms with van der Waals surface area (Å²) < 4.78 is 24.3. The van der Waals surface area contributed by atoms with Gasteiger partial charge in [0.2, 0.25) is 0 Å². The molecule has 0 N–H and O–H groups in total. The molecule has 1 fully saturated rings. The van der Waals surface area contributed by atoms with Gasteiger partial charge in [0.1, 0.15) is 12.1 Å². The number of hydrogen-bond donors (Lipinski definition) is 0. The zero-order valence-corrected chi connectivity index (χ0v) is 12.0. The number of carbonyl (C=O) groups is 1. The third kappa shape index (κ3) is 2.76. The van der Waals surface area contributed by atoms with Crippen LogP contribution in [0.4, 0.5) is 4.39 Å². The summed E-state index contributed by atoms with van der Waals surface area (Å²) in [5, 5.41) is 0. The van der Waals surface area contributed by atoms with Gasteiger partial charge in [0.25, 0.3) is 0 Å². The largest absolute Gasteiger partial charge is 0.353 e. The van der Waals surface area contributed by atoms with Crippen LogP contribution in [0.3, 0.4) is 0 Å². The van der Waals surface area contributed by atoms with Crippen LogP contribution < -0.4 is 0 Å². The molecule has 1 aromatic rings. The van der Waals surface area contributed by atoms with E-state index in [1.165, 1.54) is 12.1 Å². The highest BCUT2D eigenvalue weighted by molar-refractivity contribution is 5.69. The maximum absolute atomic E-state index is 13.0. The number of hydrogen-bond acceptors (Lipinski definition) is 3. The monoisotopic (exact) mass is 280 g/mol. The van der Waals surface area contributed by atoms with Crippen LogP contribution >= 0.6 is 0 Å². The van der Waals surface area contributed by atoms with Crippen molar-refractivity contribution in [2.75, 3.05) is 13.7 Å². The Morgan fingerprint density at radius 3 is 2.25 bits per heavy atom. The first-order valence-electron chi connectivity index (χ1n) is 7.01. The van der Waals surface area contributed by atoms with Gasteiger partial charge >= 0.3 is 0 Å². The van der Waals surface area contributed by atoms with Crippen molar-refractivity contribution in [3.63, 3.8) is 0 Å². The Bertz CT molecular complexity index is 447. The molecule has 4 heteroatoms. The fourth-order valence-corrected chi connectivity index (χ4v) is 3.00. The van der Waals surface area contributed by atoms with Crippen molar-refractivity contribution in [1.29, 1.82) is 0 Å². The molecular formula is C16H21FO3. The van der Waals surface area contributed by atoms with Crippen LogP contribution in [0.25, 0.3) is 0 Å². The molecule has 0 aromatic heterocycles. The van der Waals surface area contributed by atoms with E-state index in [1.54, 1.807) is 19.2 Å². The van der Waals surface area contributed by atoms with E-state index in [4.69, 9.17) is 9.47 Å². The topological polar surface area (TPSA) is 35.5 Å². The number of aldehydes is 1. The first-order chi connectivity index (χ1) is 9.60. The van der Waals surface area contributed by atoms with Crippen LogP contribution in [0, 0.1) is 5.82 Å². The minimum atomic E-state index is -0.582. The predicted octanol–water partition coefficient (Wildman–Crippen LogP) is 3.22. The molecule has 0 amide bonds.